The zero-order chi connectivity index (χ0) is 17.2. The first-order valence-electron chi connectivity index (χ1n) is 9.08. The fraction of sp³-hybridized carbons (Fsp3) is 0.400. The summed E-state index contributed by atoms with van der Waals surface area (Å²) in [7, 11) is 0. The van der Waals surface area contributed by atoms with Crippen LogP contribution in [0.5, 0.6) is 0 Å². The Labute approximate surface area is 147 Å². The van der Waals surface area contributed by atoms with Gasteiger partial charge in [-0.05, 0) is 55.4 Å². The fourth-order valence-electron chi connectivity index (χ4n) is 3.72. The SMILES string of the molecule is C[C@H]1CCc2[nH]c3ccc(C(=O)NCCCn4ccnc4)cc3c2C1. The summed E-state index contributed by atoms with van der Waals surface area (Å²) in [4.78, 5) is 20.0. The summed E-state index contributed by atoms with van der Waals surface area (Å²) in [5.74, 6) is 0.721. The lowest BCUT2D eigenvalue weighted by Gasteiger charge is -2.18. The van der Waals surface area contributed by atoms with Gasteiger partial charge in [-0.1, -0.05) is 6.92 Å². The number of carbonyl (C=O) groups excluding carboxylic acids is 1. The summed E-state index contributed by atoms with van der Waals surface area (Å²) >= 11 is 0. The van der Waals surface area contributed by atoms with Crippen LogP contribution in [0.3, 0.4) is 0 Å². The molecule has 25 heavy (non-hydrogen) atoms. The highest BCUT2D eigenvalue weighted by Crippen LogP contribution is 2.32. The van der Waals surface area contributed by atoms with Crippen molar-refractivity contribution >= 4 is 16.8 Å². The Morgan fingerprint density at radius 1 is 1.44 bits per heavy atom. The molecule has 0 bridgehead atoms. The van der Waals surface area contributed by atoms with Gasteiger partial charge in [0.05, 0.1) is 6.33 Å². The molecule has 0 saturated carbocycles. The van der Waals surface area contributed by atoms with Gasteiger partial charge < -0.3 is 14.9 Å². The normalized spacial score (nSPS) is 16.8. The van der Waals surface area contributed by atoms with Crippen LogP contribution in [0.15, 0.2) is 36.9 Å². The number of aromatic amines is 1. The van der Waals surface area contributed by atoms with Crippen LogP contribution in [-0.4, -0.2) is 27.0 Å². The highest BCUT2D eigenvalue weighted by Gasteiger charge is 2.20. The van der Waals surface area contributed by atoms with Crippen molar-refractivity contribution in [3.05, 3.63) is 53.7 Å². The molecule has 1 aliphatic rings. The van der Waals surface area contributed by atoms with Crippen LogP contribution in [0, 0.1) is 5.92 Å². The van der Waals surface area contributed by atoms with E-state index in [9.17, 15) is 4.79 Å². The van der Waals surface area contributed by atoms with Gasteiger partial charge in [-0.25, -0.2) is 4.98 Å². The van der Waals surface area contributed by atoms with Crippen LogP contribution in [0.2, 0.25) is 0 Å². The lowest BCUT2D eigenvalue weighted by atomic mass is 9.87. The predicted molar refractivity (Wildman–Crippen MR) is 98.7 cm³/mol. The number of rotatable bonds is 5. The van der Waals surface area contributed by atoms with Crippen molar-refractivity contribution in [3.63, 3.8) is 0 Å². The summed E-state index contributed by atoms with van der Waals surface area (Å²) in [6, 6.07) is 6.01. The fourth-order valence-corrected chi connectivity index (χ4v) is 3.72. The van der Waals surface area contributed by atoms with E-state index in [0.717, 1.165) is 36.9 Å². The van der Waals surface area contributed by atoms with Crippen LogP contribution in [0.25, 0.3) is 10.9 Å². The molecule has 0 spiro atoms. The topological polar surface area (TPSA) is 62.7 Å². The van der Waals surface area contributed by atoms with Crippen molar-refractivity contribution in [2.75, 3.05) is 6.54 Å². The first-order chi connectivity index (χ1) is 12.2. The first-order valence-corrected chi connectivity index (χ1v) is 9.08. The number of H-pyrrole nitrogens is 1. The Morgan fingerprint density at radius 2 is 2.36 bits per heavy atom. The molecule has 1 atom stereocenters. The molecule has 4 rings (SSSR count). The van der Waals surface area contributed by atoms with Crippen molar-refractivity contribution < 1.29 is 4.79 Å². The maximum atomic E-state index is 12.5. The molecule has 1 aromatic carbocycles. The van der Waals surface area contributed by atoms with E-state index in [1.54, 1.807) is 12.5 Å². The van der Waals surface area contributed by atoms with Crippen molar-refractivity contribution in [2.45, 2.75) is 39.2 Å². The third-order valence-corrected chi connectivity index (χ3v) is 5.13. The summed E-state index contributed by atoms with van der Waals surface area (Å²) in [6.45, 7) is 3.83. The molecule has 5 nitrogen and oxygen atoms in total. The third kappa shape index (κ3) is 3.31. The lowest BCUT2D eigenvalue weighted by molar-refractivity contribution is 0.0953. The molecule has 1 amide bonds. The van der Waals surface area contributed by atoms with E-state index in [1.807, 2.05) is 29.0 Å². The Balaban J connectivity index is 1.43. The van der Waals surface area contributed by atoms with Crippen LogP contribution < -0.4 is 5.32 Å². The van der Waals surface area contributed by atoms with Gasteiger partial charge in [-0.3, -0.25) is 4.79 Å². The Kier molecular flexibility index (Phi) is 4.30. The molecule has 5 heteroatoms. The van der Waals surface area contributed by atoms with E-state index < -0.39 is 0 Å². The Morgan fingerprint density at radius 3 is 3.20 bits per heavy atom. The maximum Gasteiger partial charge on any atom is 0.251 e. The number of nitrogens with one attached hydrogen (secondary N) is 2. The number of carbonyl (C=O) groups is 1. The first kappa shape index (κ1) is 15.9. The number of benzene rings is 1. The molecule has 1 aliphatic carbocycles. The molecule has 0 radical (unpaired) electrons. The van der Waals surface area contributed by atoms with Gasteiger partial charge in [0, 0.05) is 47.6 Å². The van der Waals surface area contributed by atoms with Gasteiger partial charge >= 0.3 is 0 Å². The second-order valence-corrected chi connectivity index (χ2v) is 7.10. The standard InChI is InChI=1S/C20H24N4O/c1-14-3-5-18-16(11-14)17-12-15(4-6-19(17)23-18)20(25)22-7-2-9-24-10-8-21-13-24/h4,6,8,10,12-14,23H,2-3,5,7,9,11H2,1H3,(H,22,25)/t14-/m0/s1. The summed E-state index contributed by atoms with van der Waals surface area (Å²) in [5, 5.41) is 4.24. The molecular formula is C20H24N4O. The summed E-state index contributed by atoms with van der Waals surface area (Å²) in [6.07, 6.45) is 9.85. The molecule has 2 N–H and O–H groups in total. The number of hydrogen-bond donors (Lipinski definition) is 2. The van der Waals surface area contributed by atoms with Gasteiger partial charge in [-0.15, -0.1) is 0 Å². The van der Waals surface area contributed by atoms with Crippen molar-refractivity contribution in [1.82, 2.24) is 19.9 Å². The van der Waals surface area contributed by atoms with E-state index >= 15 is 0 Å². The molecule has 2 heterocycles. The Bertz CT molecular complexity index is 879. The highest BCUT2D eigenvalue weighted by atomic mass is 16.1. The molecule has 3 aromatic rings. The predicted octanol–water partition coefficient (Wildman–Crippen LogP) is 3.31. The van der Waals surface area contributed by atoms with Crippen LogP contribution in [0.4, 0.5) is 0 Å². The van der Waals surface area contributed by atoms with Crippen LogP contribution in [0.1, 0.15) is 41.4 Å². The molecular weight excluding hydrogens is 312 g/mol. The molecule has 0 unspecified atom stereocenters. The quantitative estimate of drug-likeness (QED) is 0.702. The Hall–Kier alpha value is -2.56. The number of hydrogen-bond acceptors (Lipinski definition) is 2. The minimum Gasteiger partial charge on any atom is -0.358 e. The number of fused-ring (bicyclic) bond motifs is 3. The van der Waals surface area contributed by atoms with Crippen LogP contribution >= 0.6 is 0 Å². The number of imidazole rings is 1. The smallest absolute Gasteiger partial charge is 0.251 e. The van der Waals surface area contributed by atoms with Gasteiger partial charge in [0.15, 0.2) is 0 Å². The zero-order valence-electron chi connectivity index (χ0n) is 14.6. The van der Waals surface area contributed by atoms with Crippen molar-refractivity contribution in [3.8, 4) is 0 Å². The molecule has 130 valence electrons. The van der Waals surface area contributed by atoms with Gasteiger partial charge in [-0.2, -0.15) is 0 Å². The van der Waals surface area contributed by atoms with Gasteiger partial charge in [0.1, 0.15) is 0 Å². The summed E-state index contributed by atoms with van der Waals surface area (Å²) in [5.41, 5.74) is 4.65. The lowest BCUT2D eigenvalue weighted by Crippen LogP contribution is -2.25. The zero-order valence-corrected chi connectivity index (χ0v) is 14.6. The number of nitrogens with zero attached hydrogens (tertiary/aromatic N) is 2. The highest BCUT2D eigenvalue weighted by molar-refractivity contribution is 5.99. The van der Waals surface area contributed by atoms with Crippen LogP contribution in [-0.2, 0) is 19.4 Å². The van der Waals surface area contributed by atoms with Crippen molar-refractivity contribution in [1.29, 1.82) is 0 Å². The maximum absolute atomic E-state index is 12.5. The van der Waals surface area contributed by atoms with E-state index in [-0.39, 0.29) is 5.91 Å². The third-order valence-electron chi connectivity index (χ3n) is 5.13. The van der Waals surface area contributed by atoms with Crippen molar-refractivity contribution in [2.24, 2.45) is 5.92 Å². The average molecular weight is 336 g/mol. The molecule has 0 saturated heterocycles. The number of amides is 1. The average Bonchev–Trinajstić information content (AvgIpc) is 3.25. The molecule has 2 aromatic heterocycles. The minimum absolute atomic E-state index is 0.00587. The monoisotopic (exact) mass is 336 g/mol. The van der Waals surface area contributed by atoms with E-state index in [1.165, 1.54) is 23.1 Å². The van der Waals surface area contributed by atoms with E-state index in [0.29, 0.717) is 12.5 Å². The largest absolute Gasteiger partial charge is 0.358 e. The number of aryl methyl sites for hydroxylation is 2. The van der Waals surface area contributed by atoms with Gasteiger partial charge in [0.2, 0.25) is 0 Å². The second kappa shape index (κ2) is 6.75. The minimum atomic E-state index is 0.00587. The summed E-state index contributed by atoms with van der Waals surface area (Å²) < 4.78 is 2.02. The van der Waals surface area contributed by atoms with Gasteiger partial charge in [0.25, 0.3) is 5.91 Å². The van der Waals surface area contributed by atoms with E-state index in [2.05, 4.69) is 22.2 Å². The second-order valence-electron chi connectivity index (χ2n) is 7.10. The van der Waals surface area contributed by atoms with E-state index in [4.69, 9.17) is 0 Å². The number of aromatic nitrogens is 3. The molecule has 0 aliphatic heterocycles. The molecule has 0 fully saturated rings.